The summed E-state index contributed by atoms with van der Waals surface area (Å²) in [5.74, 6) is 1.18. The lowest BCUT2D eigenvalue weighted by molar-refractivity contribution is 0.493. The van der Waals surface area contributed by atoms with Gasteiger partial charge in [0.05, 0.1) is 6.26 Å². The smallest absolute Gasteiger partial charge is 0.123 e. The zero-order valence-corrected chi connectivity index (χ0v) is 9.45. The average Bonchev–Trinajstić information content (AvgIpc) is 2.78. The summed E-state index contributed by atoms with van der Waals surface area (Å²) in [6, 6.07) is 10.3. The fourth-order valence-electron chi connectivity index (χ4n) is 1.69. The molecular weight excluding hydrogens is 227 g/mol. The third kappa shape index (κ3) is 2.64. The quantitative estimate of drug-likeness (QED) is 0.735. The molecule has 1 nitrogen and oxygen atoms in total. The minimum Gasteiger partial charge on any atom is -0.469 e. The first-order valence-electron chi connectivity index (χ1n) is 5.13. The van der Waals surface area contributed by atoms with Gasteiger partial charge in [0, 0.05) is 18.2 Å². The van der Waals surface area contributed by atoms with Crippen LogP contribution < -0.4 is 0 Å². The Morgan fingerprint density at radius 2 is 2.12 bits per heavy atom. The molecule has 0 amide bonds. The molecule has 0 N–H and O–H groups in total. The molecule has 0 spiro atoms. The molecule has 0 aliphatic rings. The number of hydrogen-bond acceptors (Lipinski definition) is 1. The summed E-state index contributed by atoms with van der Waals surface area (Å²) in [5, 5.41) is 0. The standard InChI is InChI=1S/C13H12ClFO/c14-9-11(8-13-5-2-6-16-13)10-3-1-4-12(15)7-10/h1-7,11H,8-9H2. The Labute approximate surface area is 98.8 Å². The monoisotopic (exact) mass is 238 g/mol. The number of halogens is 2. The van der Waals surface area contributed by atoms with E-state index in [1.165, 1.54) is 12.1 Å². The second-order valence-electron chi connectivity index (χ2n) is 3.69. The van der Waals surface area contributed by atoms with Crippen molar-refractivity contribution in [3.05, 3.63) is 59.8 Å². The van der Waals surface area contributed by atoms with Crippen LogP contribution in [0, 0.1) is 5.82 Å². The maximum atomic E-state index is 13.1. The highest BCUT2D eigenvalue weighted by molar-refractivity contribution is 6.18. The number of benzene rings is 1. The van der Waals surface area contributed by atoms with E-state index in [0.717, 1.165) is 11.3 Å². The number of alkyl halides is 1. The molecule has 0 saturated carbocycles. The second kappa shape index (κ2) is 5.17. The van der Waals surface area contributed by atoms with Gasteiger partial charge in [-0.1, -0.05) is 12.1 Å². The normalized spacial score (nSPS) is 12.6. The minimum absolute atomic E-state index is 0.0866. The Morgan fingerprint density at radius 3 is 2.75 bits per heavy atom. The first-order valence-corrected chi connectivity index (χ1v) is 5.67. The van der Waals surface area contributed by atoms with Crippen molar-refractivity contribution in [2.24, 2.45) is 0 Å². The van der Waals surface area contributed by atoms with Gasteiger partial charge in [0.1, 0.15) is 11.6 Å². The molecule has 3 heteroatoms. The Kier molecular flexibility index (Phi) is 3.62. The van der Waals surface area contributed by atoms with Crippen LogP contribution >= 0.6 is 11.6 Å². The largest absolute Gasteiger partial charge is 0.469 e. The van der Waals surface area contributed by atoms with Crippen LogP contribution in [0.4, 0.5) is 4.39 Å². The van der Waals surface area contributed by atoms with Gasteiger partial charge in [0.15, 0.2) is 0 Å². The molecule has 0 bridgehead atoms. The van der Waals surface area contributed by atoms with E-state index in [4.69, 9.17) is 16.0 Å². The zero-order valence-electron chi connectivity index (χ0n) is 8.70. The van der Waals surface area contributed by atoms with Crippen molar-refractivity contribution in [3.8, 4) is 0 Å². The number of furan rings is 1. The van der Waals surface area contributed by atoms with E-state index in [9.17, 15) is 4.39 Å². The van der Waals surface area contributed by atoms with Crippen molar-refractivity contribution in [1.82, 2.24) is 0 Å². The van der Waals surface area contributed by atoms with Gasteiger partial charge >= 0.3 is 0 Å². The number of rotatable bonds is 4. The summed E-state index contributed by atoms with van der Waals surface area (Å²) in [7, 11) is 0. The van der Waals surface area contributed by atoms with Gasteiger partial charge in [-0.25, -0.2) is 4.39 Å². The minimum atomic E-state index is -0.230. The van der Waals surface area contributed by atoms with Crippen molar-refractivity contribution < 1.29 is 8.81 Å². The maximum Gasteiger partial charge on any atom is 0.123 e. The first-order chi connectivity index (χ1) is 7.79. The molecule has 0 fully saturated rings. The molecule has 0 aliphatic carbocycles. The van der Waals surface area contributed by atoms with Gasteiger partial charge in [-0.3, -0.25) is 0 Å². The highest BCUT2D eigenvalue weighted by Crippen LogP contribution is 2.23. The molecule has 2 rings (SSSR count). The summed E-state index contributed by atoms with van der Waals surface area (Å²) >= 11 is 5.91. The molecule has 0 aliphatic heterocycles. The summed E-state index contributed by atoms with van der Waals surface area (Å²) in [6.45, 7) is 0. The maximum absolute atomic E-state index is 13.1. The van der Waals surface area contributed by atoms with Gasteiger partial charge in [0.25, 0.3) is 0 Å². The van der Waals surface area contributed by atoms with Crippen LogP contribution in [0.5, 0.6) is 0 Å². The topological polar surface area (TPSA) is 13.1 Å². The molecule has 0 radical (unpaired) electrons. The fourth-order valence-corrected chi connectivity index (χ4v) is 1.98. The van der Waals surface area contributed by atoms with E-state index in [0.29, 0.717) is 12.3 Å². The molecule has 2 aromatic rings. The van der Waals surface area contributed by atoms with Crippen LogP contribution in [-0.4, -0.2) is 5.88 Å². The molecule has 84 valence electrons. The highest BCUT2D eigenvalue weighted by atomic mass is 35.5. The van der Waals surface area contributed by atoms with Crippen LogP contribution in [0.3, 0.4) is 0 Å². The summed E-state index contributed by atoms with van der Waals surface area (Å²) in [4.78, 5) is 0. The molecule has 1 atom stereocenters. The molecule has 1 heterocycles. The van der Waals surface area contributed by atoms with E-state index in [-0.39, 0.29) is 11.7 Å². The molecule has 1 aromatic heterocycles. The van der Waals surface area contributed by atoms with Crippen LogP contribution in [0.1, 0.15) is 17.2 Å². The third-order valence-corrected chi connectivity index (χ3v) is 2.91. The van der Waals surface area contributed by atoms with Gasteiger partial charge in [-0.15, -0.1) is 11.6 Å². The van der Waals surface area contributed by atoms with Gasteiger partial charge in [-0.2, -0.15) is 0 Å². The summed E-state index contributed by atoms with van der Waals surface area (Å²) in [5.41, 5.74) is 0.909. The van der Waals surface area contributed by atoms with E-state index >= 15 is 0 Å². The van der Waals surface area contributed by atoms with Crippen molar-refractivity contribution in [1.29, 1.82) is 0 Å². The number of hydrogen-bond donors (Lipinski definition) is 0. The first kappa shape index (κ1) is 11.2. The van der Waals surface area contributed by atoms with Crippen LogP contribution in [0.25, 0.3) is 0 Å². The van der Waals surface area contributed by atoms with Crippen LogP contribution in [0.15, 0.2) is 47.1 Å². The van der Waals surface area contributed by atoms with Crippen molar-refractivity contribution in [2.75, 3.05) is 5.88 Å². The second-order valence-corrected chi connectivity index (χ2v) is 4.00. The summed E-state index contributed by atoms with van der Waals surface area (Å²) < 4.78 is 18.3. The lowest BCUT2D eigenvalue weighted by Crippen LogP contribution is -2.04. The van der Waals surface area contributed by atoms with Crippen molar-refractivity contribution in [3.63, 3.8) is 0 Å². The zero-order chi connectivity index (χ0) is 11.4. The van der Waals surface area contributed by atoms with Gasteiger partial charge < -0.3 is 4.42 Å². The average molecular weight is 239 g/mol. The van der Waals surface area contributed by atoms with Crippen LogP contribution in [-0.2, 0) is 6.42 Å². The predicted octanol–water partition coefficient (Wildman–Crippen LogP) is 3.98. The predicted molar refractivity (Wildman–Crippen MR) is 62.3 cm³/mol. The molecule has 0 saturated heterocycles. The Bertz CT molecular complexity index is 439. The van der Waals surface area contributed by atoms with Crippen molar-refractivity contribution in [2.45, 2.75) is 12.3 Å². The third-order valence-electron chi connectivity index (χ3n) is 2.53. The Balaban J connectivity index is 2.16. The van der Waals surface area contributed by atoms with Crippen molar-refractivity contribution >= 4 is 11.6 Å². The lowest BCUT2D eigenvalue weighted by atomic mass is 9.96. The molecular formula is C13H12ClFO. The lowest BCUT2D eigenvalue weighted by Gasteiger charge is -2.12. The van der Waals surface area contributed by atoms with Gasteiger partial charge in [-0.05, 0) is 29.8 Å². The molecule has 1 aromatic carbocycles. The van der Waals surface area contributed by atoms with E-state index < -0.39 is 0 Å². The molecule has 1 unspecified atom stereocenters. The van der Waals surface area contributed by atoms with E-state index in [1.807, 2.05) is 18.2 Å². The van der Waals surface area contributed by atoms with E-state index in [1.54, 1.807) is 12.3 Å². The van der Waals surface area contributed by atoms with Gasteiger partial charge in [0.2, 0.25) is 0 Å². The summed E-state index contributed by atoms with van der Waals surface area (Å²) in [6.07, 6.45) is 2.33. The SMILES string of the molecule is Fc1cccc(C(CCl)Cc2ccco2)c1. The Morgan fingerprint density at radius 1 is 1.25 bits per heavy atom. The highest BCUT2D eigenvalue weighted by Gasteiger charge is 2.13. The fraction of sp³-hybridized carbons (Fsp3) is 0.231. The van der Waals surface area contributed by atoms with E-state index in [2.05, 4.69) is 0 Å². The van der Waals surface area contributed by atoms with Crippen LogP contribution in [0.2, 0.25) is 0 Å². The molecule has 16 heavy (non-hydrogen) atoms. The Hall–Kier alpha value is -1.28.